The molecular formula is C46H32N2O. The van der Waals surface area contributed by atoms with Crippen molar-refractivity contribution >= 4 is 66.8 Å². The molecule has 0 bridgehead atoms. The molecule has 0 aliphatic carbocycles. The topological polar surface area (TPSA) is 19.6 Å². The SMILES string of the molecule is c1ccc(N(c2ccccc2)c2cccc(N(c3ccccc3)c3ccc(-c4ccc5oc6c7ccccc7ccc6c5c4)cc3)c2)cc1. The molecule has 0 fully saturated rings. The van der Waals surface area contributed by atoms with E-state index in [1.54, 1.807) is 0 Å². The summed E-state index contributed by atoms with van der Waals surface area (Å²) in [4.78, 5) is 4.62. The van der Waals surface area contributed by atoms with Gasteiger partial charge in [-0.2, -0.15) is 0 Å². The zero-order chi connectivity index (χ0) is 32.6. The van der Waals surface area contributed by atoms with Crippen LogP contribution in [0.25, 0.3) is 43.8 Å². The Kier molecular flexibility index (Phi) is 7.14. The number of para-hydroxylation sites is 3. The van der Waals surface area contributed by atoms with E-state index in [4.69, 9.17) is 4.42 Å². The fraction of sp³-hybridized carbons (Fsp3) is 0. The predicted octanol–water partition coefficient (Wildman–Crippen LogP) is 13.3. The van der Waals surface area contributed by atoms with Crippen LogP contribution in [-0.2, 0) is 0 Å². The van der Waals surface area contributed by atoms with Crippen molar-refractivity contribution in [2.75, 3.05) is 9.80 Å². The molecule has 0 atom stereocenters. The molecule has 1 aromatic heterocycles. The molecule has 0 saturated carbocycles. The summed E-state index contributed by atoms with van der Waals surface area (Å²) in [6, 6.07) is 68.5. The van der Waals surface area contributed by atoms with Gasteiger partial charge in [-0.3, -0.25) is 0 Å². The molecule has 232 valence electrons. The van der Waals surface area contributed by atoms with E-state index in [1.165, 1.54) is 5.39 Å². The molecule has 0 spiro atoms. The number of hydrogen-bond acceptors (Lipinski definition) is 3. The van der Waals surface area contributed by atoms with Crippen LogP contribution in [0.1, 0.15) is 0 Å². The van der Waals surface area contributed by atoms with E-state index in [9.17, 15) is 0 Å². The first-order valence-electron chi connectivity index (χ1n) is 16.6. The number of furan rings is 1. The van der Waals surface area contributed by atoms with Crippen LogP contribution >= 0.6 is 0 Å². The van der Waals surface area contributed by atoms with Crippen molar-refractivity contribution in [3.8, 4) is 11.1 Å². The molecule has 0 amide bonds. The second kappa shape index (κ2) is 12.2. The molecule has 0 unspecified atom stereocenters. The monoisotopic (exact) mass is 628 g/mol. The van der Waals surface area contributed by atoms with Crippen molar-refractivity contribution < 1.29 is 4.42 Å². The van der Waals surface area contributed by atoms with Gasteiger partial charge in [-0.05, 0) is 101 Å². The van der Waals surface area contributed by atoms with Crippen molar-refractivity contribution in [2.24, 2.45) is 0 Å². The third kappa shape index (κ3) is 5.28. The normalized spacial score (nSPS) is 11.3. The van der Waals surface area contributed by atoms with E-state index >= 15 is 0 Å². The maximum absolute atomic E-state index is 6.38. The molecular weight excluding hydrogens is 597 g/mol. The van der Waals surface area contributed by atoms with E-state index in [0.29, 0.717) is 0 Å². The number of nitrogens with zero attached hydrogens (tertiary/aromatic N) is 2. The summed E-state index contributed by atoms with van der Waals surface area (Å²) >= 11 is 0. The number of hydrogen-bond donors (Lipinski definition) is 0. The van der Waals surface area contributed by atoms with Gasteiger partial charge in [-0.15, -0.1) is 0 Å². The van der Waals surface area contributed by atoms with E-state index in [0.717, 1.165) is 72.6 Å². The molecule has 1 heterocycles. The molecule has 49 heavy (non-hydrogen) atoms. The van der Waals surface area contributed by atoms with Crippen molar-refractivity contribution in [1.29, 1.82) is 0 Å². The van der Waals surface area contributed by atoms with Gasteiger partial charge in [0.2, 0.25) is 0 Å². The lowest BCUT2D eigenvalue weighted by Gasteiger charge is -2.29. The fourth-order valence-electron chi connectivity index (χ4n) is 6.88. The van der Waals surface area contributed by atoms with Gasteiger partial charge in [0, 0.05) is 50.3 Å². The maximum Gasteiger partial charge on any atom is 0.143 e. The quantitative estimate of drug-likeness (QED) is 0.175. The van der Waals surface area contributed by atoms with Crippen LogP contribution < -0.4 is 9.80 Å². The molecule has 0 radical (unpaired) electrons. The Morgan fingerprint density at radius 3 is 1.43 bits per heavy atom. The zero-order valence-electron chi connectivity index (χ0n) is 26.8. The molecule has 0 saturated heterocycles. The Hall–Kier alpha value is -6.58. The van der Waals surface area contributed by atoms with Crippen LogP contribution in [0.5, 0.6) is 0 Å². The summed E-state index contributed by atoms with van der Waals surface area (Å²) in [5, 5.41) is 4.60. The van der Waals surface area contributed by atoms with Crippen LogP contribution in [0, 0.1) is 0 Å². The summed E-state index contributed by atoms with van der Waals surface area (Å²) in [6.45, 7) is 0. The van der Waals surface area contributed by atoms with Crippen molar-refractivity contribution in [2.45, 2.75) is 0 Å². The first kappa shape index (κ1) is 28.6. The largest absolute Gasteiger partial charge is 0.455 e. The second-order valence-electron chi connectivity index (χ2n) is 12.2. The Morgan fingerprint density at radius 1 is 0.306 bits per heavy atom. The molecule has 0 aliphatic heterocycles. The molecule has 9 aromatic rings. The van der Waals surface area contributed by atoms with Crippen LogP contribution in [0.3, 0.4) is 0 Å². The highest BCUT2D eigenvalue weighted by Gasteiger charge is 2.17. The van der Waals surface area contributed by atoms with Gasteiger partial charge in [0.25, 0.3) is 0 Å². The Labute approximate surface area is 285 Å². The van der Waals surface area contributed by atoms with E-state index in [-0.39, 0.29) is 0 Å². The van der Waals surface area contributed by atoms with Gasteiger partial charge in [-0.25, -0.2) is 0 Å². The third-order valence-electron chi connectivity index (χ3n) is 9.21. The Balaban J connectivity index is 1.11. The number of rotatable bonds is 7. The van der Waals surface area contributed by atoms with Crippen LogP contribution in [-0.4, -0.2) is 0 Å². The van der Waals surface area contributed by atoms with Crippen molar-refractivity contribution in [3.63, 3.8) is 0 Å². The van der Waals surface area contributed by atoms with Gasteiger partial charge < -0.3 is 14.2 Å². The van der Waals surface area contributed by atoms with E-state index in [2.05, 4.69) is 204 Å². The van der Waals surface area contributed by atoms with Gasteiger partial charge in [0.1, 0.15) is 11.2 Å². The minimum absolute atomic E-state index is 0.905. The number of anilines is 6. The second-order valence-corrected chi connectivity index (χ2v) is 12.2. The van der Waals surface area contributed by atoms with Crippen LogP contribution in [0.2, 0.25) is 0 Å². The average molecular weight is 629 g/mol. The summed E-state index contributed by atoms with van der Waals surface area (Å²) in [7, 11) is 0. The molecule has 9 rings (SSSR count). The first-order chi connectivity index (χ1) is 24.3. The highest BCUT2D eigenvalue weighted by molar-refractivity contribution is 6.15. The summed E-state index contributed by atoms with van der Waals surface area (Å²) in [5.41, 5.74) is 10.7. The van der Waals surface area contributed by atoms with Gasteiger partial charge >= 0.3 is 0 Å². The Bertz CT molecular complexity index is 2500. The summed E-state index contributed by atoms with van der Waals surface area (Å²) in [6.07, 6.45) is 0. The maximum atomic E-state index is 6.38. The first-order valence-corrected chi connectivity index (χ1v) is 16.6. The van der Waals surface area contributed by atoms with Crippen molar-refractivity contribution in [1.82, 2.24) is 0 Å². The highest BCUT2D eigenvalue weighted by atomic mass is 16.3. The number of benzene rings is 8. The van der Waals surface area contributed by atoms with Gasteiger partial charge in [0.05, 0.1) is 0 Å². The molecule has 3 nitrogen and oxygen atoms in total. The van der Waals surface area contributed by atoms with Gasteiger partial charge in [-0.1, -0.05) is 109 Å². The van der Waals surface area contributed by atoms with E-state index < -0.39 is 0 Å². The predicted molar refractivity (Wildman–Crippen MR) is 206 cm³/mol. The van der Waals surface area contributed by atoms with Crippen LogP contribution in [0.4, 0.5) is 34.1 Å². The minimum atomic E-state index is 0.905. The molecule has 0 aliphatic rings. The molecule has 3 heteroatoms. The third-order valence-corrected chi connectivity index (χ3v) is 9.21. The summed E-state index contributed by atoms with van der Waals surface area (Å²) in [5.74, 6) is 0. The fourth-order valence-corrected chi connectivity index (χ4v) is 6.88. The molecule has 8 aromatic carbocycles. The van der Waals surface area contributed by atoms with Gasteiger partial charge in [0.15, 0.2) is 0 Å². The lowest BCUT2D eigenvalue weighted by molar-refractivity contribution is 0.672. The lowest BCUT2D eigenvalue weighted by atomic mass is 10.0. The number of fused-ring (bicyclic) bond motifs is 5. The zero-order valence-corrected chi connectivity index (χ0v) is 26.8. The van der Waals surface area contributed by atoms with Crippen molar-refractivity contribution in [3.05, 3.63) is 194 Å². The summed E-state index contributed by atoms with van der Waals surface area (Å²) < 4.78 is 6.38. The van der Waals surface area contributed by atoms with Crippen LogP contribution in [0.15, 0.2) is 199 Å². The van der Waals surface area contributed by atoms with E-state index in [1.807, 2.05) is 0 Å². The molecule has 0 N–H and O–H groups in total. The average Bonchev–Trinajstić information content (AvgIpc) is 3.56. The lowest BCUT2D eigenvalue weighted by Crippen LogP contribution is -2.13. The smallest absolute Gasteiger partial charge is 0.143 e. The minimum Gasteiger partial charge on any atom is -0.455 e. The standard InChI is InChI=1S/C46H32N2O/c1-4-14-36(15-5-1)47(37-16-6-2-7-17-37)40-20-12-21-41(32-40)48(38-18-8-3-9-19-38)39-27-23-33(24-28-39)35-26-30-45-44(31-35)43-29-25-34-13-10-11-22-42(34)46(43)49-45/h1-32H. The Morgan fingerprint density at radius 2 is 0.816 bits per heavy atom. The highest BCUT2D eigenvalue weighted by Crippen LogP contribution is 2.41.